The molecule has 0 fully saturated rings. The van der Waals surface area contributed by atoms with Crippen LogP contribution in [0.2, 0.25) is 5.02 Å². The largest absolute Gasteiger partial charge is 0.429 e. The van der Waals surface area contributed by atoms with E-state index in [2.05, 4.69) is 17.1 Å². The first-order valence-corrected chi connectivity index (χ1v) is 8.18. The summed E-state index contributed by atoms with van der Waals surface area (Å²) in [6.07, 6.45) is -2.24. The Morgan fingerprint density at radius 1 is 1.28 bits per heavy atom. The van der Waals surface area contributed by atoms with Crippen molar-refractivity contribution in [2.75, 3.05) is 0 Å². The maximum atomic E-state index is 13.5. The molecule has 1 N–H and O–H groups in total. The van der Waals surface area contributed by atoms with E-state index in [0.29, 0.717) is 23.2 Å². The minimum Gasteiger partial charge on any atom is -0.429 e. The van der Waals surface area contributed by atoms with Gasteiger partial charge in [-0.25, -0.2) is 0 Å². The predicted molar refractivity (Wildman–Crippen MR) is 95.6 cm³/mol. The number of halogens is 3. The van der Waals surface area contributed by atoms with Crippen LogP contribution in [0.1, 0.15) is 23.6 Å². The van der Waals surface area contributed by atoms with Gasteiger partial charge < -0.3 is 10.2 Å². The molecule has 0 bridgehead atoms. The summed E-state index contributed by atoms with van der Waals surface area (Å²) in [5, 5.41) is 5.08. The van der Waals surface area contributed by atoms with Crippen LogP contribution in [0.3, 0.4) is 0 Å². The van der Waals surface area contributed by atoms with Crippen molar-refractivity contribution < 1.29 is 13.5 Å². The van der Waals surface area contributed by atoms with Crippen molar-refractivity contribution in [2.24, 2.45) is 5.10 Å². The molecule has 25 heavy (non-hydrogen) atoms. The van der Waals surface area contributed by atoms with Crippen molar-refractivity contribution in [3.63, 3.8) is 0 Å². The lowest BCUT2D eigenvalue weighted by molar-refractivity contribution is -0.131. The average Bonchev–Trinajstić information content (AvgIpc) is 2.74. The maximum Gasteiger partial charge on any atom is 0.419 e. The molecule has 2 aromatic rings. The fourth-order valence-corrected chi connectivity index (χ4v) is 2.78. The molecule has 0 amide bonds. The number of nitrogens with one attached hydrogen (secondary N) is 1. The van der Waals surface area contributed by atoms with Gasteiger partial charge in [0.05, 0.1) is 5.71 Å². The van der Waals surface area contributed by atoms with E-state index in [1.54, 1.807) is 24.3 Å². The van der Waals surface area contributed by atoms with Gasteiger partial charge in [-0.3, -0.25) is 0 Å². The number of nitrogens with zero attached hydrogens (tertiary/aromatic N) is 1. The second kappa shape index (κ2) is 6.84. The molecule has 0 aliphatic carbocycles. The second-order valence-corrected chi connectivity index (χ2v) is 6.32. The molecule has 3 nitrogen and oxygen atoms in total. The molecule has 1 heterocycles. The first kappa shape index (κ1) is 17.4. The summed E-state index contributed by atoms with van der Waals surface area (Å²) < 4.78 is 31.7. The van der Waals surface area contributed by atoms with Crippen LogP contribution in [0.5, 0.6) is 5.75 Å². The fourth-order valence-electron chi connectivity index (χ4n) is 2.65. The Balaban J connectivity index is 2.06. The molecule has 2 aromatic carbocycles. The highest BCUT2D eigenvalue weighted by Gasteiger charge is 2.27. The van der Waals surface area contributed by atoms with Gasteiger partial charge in [0.15, 0.2) is 0 Å². The van der Waals surface area contributed by atoms with Gasteiger partial charge in [0.2, 0.25) is 0 Å². The van der Waals surface area contributed by atoms with E-state index in [-0.39, 0.29) is 11.8 Å². The highest BCUT2D eigenvalue weighted by Crippen LogP contribution is 2.28. The molecule has 0 aromatic heterocycles. The van der Waals surface area contributed by atoms with Crippen LogP contribution < -0.4 is 10.2 Å². The van der Waals surface area contributed by atoms with Crippen molar-refractivity contribution in [2.45, 2.75) is 25.5 Å². The highest BCUT2D eigenvalue weighted by molar-refractivity contribution is 6.30. The molecule has 0 spiro atoms. The molecular formula is C19H17ClF2N2O. The lowest BCUT2D eigenvalue weighted by atomic mass is 9.94. The van der Waals surface area contributed by atoms with Crippen LogP contribution in [0.25, 0.3) is 0 Å². The number of fused-ring (bicyclic) bond motifs is 1. The summed E-state index contributed by atoms with van der Waals surface area (Å²) in [6, 6.07) is 12.2. The lowest BCUT2D eigenvalue weighted by Crippen LogP contribution is -2.22. The number of ether oxygens (including phenoxy) is 1. The van der Waals surface area contributed by atoms with E-state index in [9.17, 15) is 8.78 Å². The Labute approximate surface area is 150 Å². The third-order valence-electron chi connectivity index (χ3n) is 3.87. The Morgan fingerprint density at radius 2 is 2.00 bits per heavy atom. The lowest BCUT2D eigenvalue weighted by Gasteiger charge is -2.16. The Kier molecular flexibility index (Phi) is 4.77. The standard InChI is InChI=1S/C19H17ClF2N2O/c1-3-19(21,22)25-16-9-6-14-10-12(2)23-24-18(17(14)11-16)13-4-7-15(20)8-5-13/h3-9,11-12,23H,1,10H2,2H3. The van der Waals surface area contributed by atoms with Crippen molar-refractivity contribution in [3.8, 4) is 5.75 Å². The Bertz CT molecular complexity index is 819. The zero-order valence-corrected chi connectivity index (χ0v) is 14.4. The van der Waals surface area contributed by atoms with E-state index in [1.807, 2.05) is 19.1 Å². The summed E-state index contributed by atoms with van der Waals surface area (Å²) in [4.78, 5) is 0. The second-order valence-electron chi connectivity index (χ2n) is 5.89. The SMILES string of the molecule is C=CC(F)(F)Oc1ccc2c(c1)C(c1ccc(Cl)cc1)=NNC(C)C2. The molecule has 0 radical (unpaired) electrons. The van der Waals surface area contributed by atoms with Gasteiger partial charge in [-0.2, -0.15) is 13.9 Å². The van der Waals surface area contributed by atoms with E-state index in [4.69, 9.17) is 16.3 Å². The first-order valence-electron chi connectivity index (χ1n) is 7.81. The van der Waals surface area contributed by atoms with E-state index in [1.165, 1.54) is 6.07 Å². The van der Waals surface area contributed by atoms with Crippen molar-refractivity contribution in [3.05, 3.63) is 76.8 Å². The van der Waals surface area contributed by atoms with Gasteiger partial charge in [0.1, 0.15) is 5.75 Å². The zero-order chi connectivity index (χ0) is 18.0. The molecule has 6 heteroatoms. The normalized spacial score (nSPS) is 17.0. The van der Waals surface area contributed by atoms with Crippen LogP contribution in [-0.4, -0.2) is 17.9 Å². The number of hydrogen-bond donors (Lipinski definition) is 1. The van der Waals surface area contributed by atoms with Crippen molar-refractivity contribution >= 4 is 17.3 Å². The topological polar surface area (TPSA) is 33.6 Å². The molecule has 130 valence electrons. The molecule has 1 aliphatic rings. The third kappa shape index (κ3) is 3.99. The summed E-state index contributed by atoms with van der Waals surface area (Å²) in [5.74, 6) is 0.0554. The summed E-state index contributed by atoms with van der Waals surface area (Å²) in [5.41, 5.74) is 6.32. The van der Waals surface area contributed by atoms with Gasteiger partial charge in [-0.15, -0.1) is 0 Å². The molecule has 3 rings (SSSR count). The molecule has 0 saturated heterocycles. The Morgan fingerprint density at radius 3 is 2.68 bits per heavy atom. The molecular weight excluding hydrogens is 346 g/mol. The first-order chi connectivity index (χ1) is 11.9. The highest BCUT2D eigenvalue weighted by atomic mass is 35.5. The minimum atomic E-state index is -3.43. The van der Waals surface area contributed by atoms with E-state index in [0.717, 1.165) is 16.7 Å². The van der Waals surface area contributed by atoms with Crippen LogP contribution >= 0.6 is 11.6 Å². The van der Waals surface area contributed by atoms with E-state index >= 15 is 0 Å². The van der Waals surface area contributed by atoms with Crippen LogP contribution in [0.4, 0.5) is 8.78 Å². The number of rotatable bonds is 4. The van der Waals surface area contributed by atoms with Gasteiger partial charge in [0, 0.05) is 28.3 Å². The smallest absolute Gasteiger partial charge is 0.419 e. The minimum absolute atomic E-state index is 0.0554. The van der Waals surface area contributed by atoms with E-state index < -0.39 is 6.11 Å². The van der Waals surface area contributed by atoms with Crippen molar-refractivity contribution in [1.82, 2.24) is 5.43 Å². The molecule has 0 saturated carbocycles. The average molecular weight is 363 g/mol. The monoisotopic (exact) mass is 362 g/mol. The Hall–Kier alpha value is -2.40. The number of alkyl halides is 2. The van der Waals surface area contributed by atoms with Gasteiger partial charge in [0.25, 0.3) is 0 Å². The third-order valence-corrected chi connectivity index (χ3v) is 4.12. The van der Waals surface area contributed by atoms with Gasteiger partial charge >= 0.3 is 6.11 Å². The molecule has 1 unspecified atom stereocenters. The van der Waals surface area contributed by atoms with Gasteiger partial charge in [-0.1, -0.05) is 36.4 Å². The quantitative estimate of drug-likeness (QED) is 0.794. The zero-order valence-electron chi connectivity index (χ0n) is 13.6. The summed E-state index contributed by atoms with van der Waals surface area (Å²) >= 11 is 5.95. The number of benzene rings is 2. The summed E-state index contributed by atoms with van der Waals surface area (Å²) in [7, 11) is 0. The fraction of sp³-hybridized carbons (Fsp3) is 0.211. The number of hydrazone groups is 1. The van der Waals surface area contributed by atoms with Gasteiger partial charge in [-0.05, 0) is 43.2 Å². The maximum absolute atomic E-state index is 13.5. The van der Waals surface area contributed by atoms with Crippen LogP contribution in [0, 0.1) is 0 Å². The molecule has 1 aliphatic heterocycles. The van der Waals surface area contributed by atoms with Crippen LogP contribution in [-0.2, 0) is 6.42 Å². The molecule has 1 atom stereocenters. The number of hydrogen-bond acceptors (Lipinski definition) is 3. The van der Waals surface area contributed by atoms with Crippen LogP contribution in [0.15, 0.2) is 60.2 Å². The van der Waals surface area contributed by atoms with Crippen molar-refractivity contribution in [1.29, 1.82) is 0 Å². The summed E-state index contributed by atoms with van der Waals surface area (Å²) in [6.45, 7) is 5.10. The predicted octanol–water partition coefficient (Wildman–Crippen LogP) is 4.78.